The van der Waals surface area contributed by atoms with Crippen molar-refractivity contribution in [1.82, 2.24) is 9.69 Å². The van der Waals surface area contributed by atoms with Crippen molar-refractivity contribution < 1.29 is 13.2 Å². The molecule has 0 atom stereocenters. The Morgan fingerprint density at radius 3 is 2.62 bits per heavy atom. The lowest BCUT2D eigenvalue weighted by atomic mass is 10.2. The number of aromatic nitrogens is 1. The molecule has 0 spiro atoms. The third-order valence-electron chi connectivity index (χ3n) is 3.54. The molecule has 118 valence electrons. The molecule has 1 fully saturated rings. The van der Waals surface area contributed by atoms with Gasteiger partial charge in [-0.3, -0.25) is 4.79 Å². The summed E-state index contributed by atoms with van der Waals surface area (Å²) >= 11 is 1.06. The minimum absolute atomic E-state index is 0.165. The van der Waals surface area contributed by atoms with E-state index in [1.54, 1.807) is 13.8 Å². The van der Waals surface area contributed by atoms with Crippen molar-refractivity contribution in [3.63, 3.8) is 0 Å². The Morgan fingerprint density at radius 1 is 1.48 bits per heavy atom. The van der Waals surface area contributed by atoms with Gasteiger partial charge in [-0.05, 0) is 38.2 Å². The van der Waals surface area contributed by atoms with Gasteiger partial charge in [0.25, 0.3) is 5.91 Å². The normalized spacial score (nSPS) is 15.8. The quantitative estimate of drug-likeness (QED) is 0.711. The van der Waals surface area contributed by atoms with Crippen LogP contribution in [-0.2, 0) is 9.84 Å². The molecule has 1 aliphatic carbocycles. The highest BCUT2D eigenvalue weighted by molar-refractivity contribution is 7.92. The van der Waals surface area contributed by atoms with Gasteiger partial charge in [-0.25, -0.2) is 8.42 Å². The SMILES string of the molecule is CC(C)(CNc1snc(N)c1C(=O)NC1CC1)S(C)(=O)=O. The predicted octanol–water partition coefficient (Wildman–Crippen LogP) is 0.853. The number of carbonyl (C=O) groups excluding carboxylic acids is 1. The van der Waals surface area contributed by atoms with E-state index < -0.39 is 14.6 Å². The third kappa shape index (κ3) is 3.65. The number of anilines is 2. The van der Waals surface area contributed by atoms with E-state index in [-0.39, 0.29) is 24.3 Å². The van der Waals surface area contributed by atoms with Crippen molar-refractivity contribution in [3.05, 3.63) is 5.56 Å². The van der Waals surface area contributed by atoms with Gasteiger partial charge in [-0.2, -0.15) is 4.37 Å². The molecule has 0 bridgehead atoms. The summed E-state index contributed by atoms with van der Waals surface area (Å²) in [5.74, 6) is -0.0961. The Kier molecular flexibility index (Phi) is 4.16. The fourth-order valence-corrected chi connectivity index (χ4v) is 2.59. The van der Waals surface area contributed by atoms with Crippen LogP contribution in [0.15, 0.2) is 0 Å². The van der Waals surface area contributed by atoms with E-state index in [1.165, 1.54) is 6.26 Å². The zero-order valence-corrected chi connectivity index (χ0v) is 13.9. The molecular weight excluding hydrogens is 312 g/mol. The van der Waals surface area contributed by atoms with Crippen LogP contribution in [0.1, 0.15) is 37.0 Å². The van der Waals surface area contributed by atoms with Gasteiger partial charge in [0.1, 0.15) is 10.6 Å². The van der Waals surface area contributed by atoms with Gasteiger partial charge in [0.15, 0.2) is 15.7 Å². The van der Waals surface area contributed by atoms with E-state index in [4.69, 9.17) is 5.73 Å². The Morgan fingerprint density at radius 2 is 2.10 bits per heavy atom. The first-order valence-electron chi connectivity index (χ1n) is 6.61. The van der Waals surface area contributed by atoms with Gasteiger partial charge >= 0.3 is 0 Å². The van der Waals surface area contributed by atoms with E-state index in [0.717, 1.165) is 24.4 Å². The number of amides is 1. The van der Waals surface area contributed by atoms with Crippen molar-refractivity contribution in [2.45, 2.75) is 37.5 Å². The molecule has 1 amide bonds. The maximum atomic E-state index is 12.1. The number of sulfone groups is 1. The molecule has 21 heavy (non-hydrogen) atoms. The molecule has 0 aromatic carbocycles. The molecule has 0 aliphatic heterocycles. The van der Waals surface area contributed by atoms with Crippen LogP contribution in [0.3, 0.4) is 0 Å². The summed E-state index contributed by atoms with van der Waals surface area (Å²) in [4.78, 5) is 12.1. The second-order valence-corrected chi connectivity index (χ2v) is 9.33. The molecular formula is C12H20N4O3S2. The standard InChI is InChI=1S/C12H20N4O3S2/c1-12(2,21(3,18)19)6-14-11-8(9(13)16-20-11)10(17)15-7-4-5-7/h7,14H,4-6H2,1-3H3,(H2,13,16)(H,15,17). The molecule has 1 saturated carbocycles. The van der Waals surface area contributed by atoms with E-state index in [0.29, 0.717) is 10.6 Å². The zero-order valence-electron chi connectivity index (χ0n) is 12.3. The first kappa shape index (κ1) is 16.0. The lowest BCUT2D eigenvalue weighted by Crippen LogP contribution is -2.38. The predicted molar refractivity (Wildman–Crippen MR) is 84.4 cm³/mol. The lowest BCUT2D eigenvalue weighted by molar-refractivity contribution is 0.0953. The molecule has 0 saturated heterocycles. The number of nitrogens with two attached hydrogens (primary N) is 1. The number of nitrogens with zero attached hydrogens (tertiary/aromatic N) is 1. The number of nitrogen functional groups attached to an aromatic ring is 1. The summed E-state index contributed by atoms with van der Waals surface area (Å²) in [5, 5.41) is 6.35. The fourth-order valence-electron chi connectivity index (χ4n) is 1.55. The van der Waals surface area contributed by atoms with E-state index in [1.807, 2.05) is 0 Å². The maximum absolute atomic E-state index is 12.1. The Labute approximate surface area is 128 Å². The molecule has 7 nitrogen and oxygen atoms in total. The highest BCUT2D eigenvalue weighted by Crippen LogP contribution is 2.29. The lowest BCUT2D eigenvalue weighted by Gasteiger charge is -2.23. The Balaban J connectivity index is 2.12. The summed E-state index contributed by atoms with van der Waals surface area (Å²) in [6, 6.07) is 0.220. The van der Waals surface area contributed by atoms with Gasteiger partial charge in [-0.15, -0.1) is 0 Å². The summed E-state index contributed by atoms with van der Waals surface area (Å²) < 4.78 is 26.4. The second kappa shape index (κ2) is 5.45. The van der Waals surface area contributed by atoms with Crippen LogP contribution in [0.5, 0.6) is 0 Å². The molecule has 4 N–H and O–H groups in total. The number of carbonyl (C=O) groups is 1. The molecule has 0 radical (unpaired) electrons. The molecule has 9 heteroatoms. The summed E-state index contributed by atoms with van der Waals surface area (Å²) in [7, 11) is -3.22. The Hall–Kier alpha value is -1.35. The van der Waals surface area contributed by atoms with E-state index in [9.17, 15) is 13.2 Å². The van der Waals surface area contributed by atoms with Crippen LogP contribution in [0.4, 0.5) is 10.8 Å². The maximum Gasteiger partial charge on any atom is 0.258 e. The first-order chi connectivity index (χ1) is 9.62. The topological polar surface area (TPSA) is 114 Å². The van der Waals surface area contributed by atoms with E-state index >= 15 is 0 Å². The first-order valence-corrected chi connectivity index (χ1v) is 9.28. The minimum Gasteiger partial charge on any atom is -0.382 e. The number of nitrogens with one attached hydrogen (secondary N) is 2. The fraction of sp³-hybridized carbons (Fsp3) is 0.667. The van der Waals surface area contributed by atoms with E-state index in [2.05, 4.69) is 15.0 Å². The van der Waals surface area contributed by atoms with Crippen LogP contribution < -0.4 is 16.4 Å². The number of hydrogen-bond acceptors (Lipinski definition) is 7. The van der Waals surface area contributed by atoms with Crippen molar-refractivity contribution >= 4 is 38.1 Å². The molecule has 0 unspecified atom stereocenters. The second-order valence-electron chi connectivity index (χ2n) is 5.91. The van der Waals surface area contributed by atoms with Crippen molar-refractivity contribution in [3.8, 4) is 0 Å². The van der Waals surface area contributed by atoms with Gasteiger partial charge in [-0.1, -0.05) is 0 Å². The molecule has 1 heterocycles. The van der Waals surface area contributed by atoms with Gasteiger partial charge in [0.2, 0.25) is 0 Å². The average molecular weight is 332 g/mol. The largest absolute Gasteiger partial charge is 0.382 e. The number of hydrogen-bond donors (Lipinski definition) is 3. The summed E-state index contributed by atoms with van der Waals surface area (Å²) in [6.07, 6.45) is 3.15. The summed E-state index contributed by atoms with van der Waals surface area (Å²) in [5.41, 5.74) is 6.05. The smallest absolute Gasteiger partial charge is 0.258 e. The zero-order chi connectivity index (χ0) is 15.8. The van der Waals surface area contributed by atoms with Crippen molar-refractivity contribution in [2.75, 3.05) is 23.9 Å². The molecule has 1 aromatic rings. The van der Waals surface area contributed by atoms with Crippen molar-refractivity contribution in [2.24, 2.45) is 0 Å². The monoisotopic (exact) mass is 332 g/mol. The highest BCUT2D eigenvalue weighted by Gasteiger charge is 2.32. The molecule has 1 aromatic heterocycles. The van der Waals surface area contributed by atoms with Gasteiger partial charge < -0.3 is 16.4 Å². The molecule has 2 rings (SSSR count). The number of rotatable bonds is 6. The van der Waals surface area contributed by atoms with Crippen LogP contribution in [0, 0.1) is 0 Å². The van der Waals surface area contributed by atoms with Crippen molar-refractivity contribution in [1.29, 1.82) is 0 Å². The van der Waals surface area contributed by atoms with Gasteiger partial charge in [0.05, 0.1) is 4.75 Å². The van der Waals surface area contributed by atoms with Crippen LogP contribution in [-0.4, -0.2) is 42.3 Å². The Bertz CT molecular complexity index is 647. The van der Waals surface area contributed by atoms with Crippen LogP contribution in [0.2, 0.25) is 0 Å². The highest BCUT2D eigenvalue weighted by atomic mass is 32.2. The minimum atomic E-state index is -3.22. The average Bonchev–Trinajstić information content (AvgIpc) is 3.07. The van der Waals surface area contributed by atoms with Crippen LogP contribution >= 0.6 is 11.5 Å². The summed E-state index contributed by atoms with van der Waals surface area (Å²) in [6.45, 7) is 3.44. The van der Waals surface area contributed by atoms with Crippen LogP contribution in [0.25, 0.3) is 0 Å². The molecule has 1 aliphatic rings. The third-order valence-corrected chi connectivity index (χ3v) is 6.51. The van der Waals surface area contributed by atoms with Gasteiger partial charge in [0, 0.05) is 18.8 Å².